The molecule has 0 aromatic carbocycles. The molecule has 21 heavy (non-hydrogen) atoms. The van der Waals surface area contributed by atoms with Gasteiger partial charge in [0.25, 0.3) is 0 Å². The zero-order chi connectivity index (χ0) is 14.9. The molecule has 1 saturated carbocycles. The molecule has 0 amide bonds. The molecule has 0 spiro atoms. The third kappa shape index (κ3) is 5.85. The lowest BCUT2D eigenvalue weighted by atomic mass is 9.94. The van der Waals surface area contributed by atoms with Crippen molar-refractivity contribution in [3.05, 3.63) is 0 Å². The summed E-state index contributed by atoms with van der Waals surface area (Å²) in [4.78, 5) is 5.09. The van der Waals surface area contributed by atoms with E-state index in [-0.39, 0.29) is 0 Å². The van der Waals surface area contributed by atoms with Gasteiger partial charge in [-0.05, 0) is 44.8 Å². The van der Waals surface area contributed by atoms with Crippen molar-refractivity contribution in [1.29, 1.82) is 0 Å². The molecule has 2 atom stereocenters. The van der Waals surface area contributed by atoms with E-state index in [0.29, 0.717) is 6.61 Å². The third-order valence-electron chi connectivity index (χ3n) is 5.22. The zero-order valence-electron chi connectivity index (χ0n) is 13.9. The topological polar surface area (TPSA) is 38.7 Å². The Labute approximate surface area is 130 Å². The van der Waals surface area contributed by atoms with Crippen LogP contribution in [0.4, 0.5) is 0 Å². The average molecular weight is 297 g/mol. The first-order valence-electron chi connectivity index (χ1n) is 9.12. The molecule has 0 radical (unpaired) electrons. The van der Waals surface area contributed by atoms with Crippen molar-refractivity contribution >= 4 is 0 Å². The van der Waals surface area contributed by atoms with Gasteiger partial charge in [0, 0.05) is 32.2 Å². The highest BCUT2D eigenvalue weighted by atomic mass is 16.3. The van der Waals surface area contributed by atoms with Gasteiger partial charge in [0.15, 0.2) is 0 Å². The fourth-order valence-corrected chi connectivity index (χ4v) is 4.04. The Morgan fingerprint density at radius 3 is 2.52 bits per heavy atom. The molecule has 1 aliphatic carbocycles. The summed E-state index contributed by atoms with van der Waals surface area (Å²) in [6, 6.07) is 0.731. The van der Waals surface area contributed by atoms with Crippen molar-refractivity contribution < 1.29 is 5.11 Å². The van der Waals surface area contributed by atoms with Crippen LogP contribution in [-0.2, 0) is 0 Å². The first kappa shape index (κ1) is 17.2. The molecule has 2 aliphatic rings. The van der Waals surface area contributed by atoms with E-state index in [4.69, 9.17) is 5.11 Å². The molecular weight excluding hydrogens is 262 g/mol. The van der Waals surface area contributed by atoms with Crippen molar-refractivity contribution in [3.63, 3.8) is 0 Å². The molecule has 0 bridgehead atoms. The SMILES string of the molecule is CCNC1CCCCCC1CN1CCCN(CCO)CC1. The summed E-state index contributed by atoms with van der Waals surface area (Å²) < 4.78 is 0. The molecule has 1 heterocycles. The Bertz CT molecular complexity index is 275. The predicted molar refractivity (Wildman–Crippen MR) is 88.6 cm³/mol. The second-order valence-corrected chi connectivity index (χ2v) is 6.78. The lowest BCUT2D eigenvalue weighted by Gasteiger charge is -2.31. The Hall–Kier alpha value is -0.160. The maximum atomic E-state index is 9.10. The number of aliphatic hydroxyl groups excluding tert-OH is 1. The first-order valence-corrected chi connectivity index (χ1v) is 9.12. The summed E-state index contributed by atoms with van der Waals surface area (Å²) >= 11 is 0. The van der Waals surface area contributed by atoms with E-state index in [1.54, 1.807) is 0 Å². The number of nitrogens with zero attached hydrogens (tertiary/aromatic N) is 2. The van der Waals surface area contributed by atoms with Gasteiger partial charge in [-0.2, -0.15) is 0 Å². The van der Waals surface area contributed by atoms with E-state index in [2.05, 4.69) is 22.0 Å². The van der Waals surface area contributed by atoms with E-state index in [0.717, 1.165) is 38.1 Å². The molecule has 1 saturated heterocycles. The van der Waals surface area contributed by atoms with Crippen LogP contribution in [0.15, 0.2) is 0 Å². The van der Waals surface area contributed by atoms with E-state index in [1.807, 2.05) is 0 Å². The third-order valence-corrected chi connectivity index (χ3v) is 5.22. The summed E-state index contributed by atoms with van der Waals surface area (Å²) in [5.41, 5.74) is 0. The second kappa shape index (κ2) is 9.78. The Balaban J connectivity index is 1.83. The van der Waals surface area contributed by atoms with Crippen molar-refractivity contribution in [3.8, 4) is 0 Å². The number of rotatable bonds is 6. The van der Waals surface area contributed by atoms with E-state index < -0.39 is 0 Å². The molecule has 2 rings (SSSR count). The standard InChI is InChI=1S/C17H35N3O/c1-2-18-17-8-5-3-4-7-16(17)15-20-10-6-9-19(11-12-20)13-14-21/h16-18,21H,2-15H2,1H3. The molecule has 2 unspecified atom stereocenters. The van der Waals surface area contributed by atoms with Crippen LogP contribution in [0.1, 0.15) is 45.4 Å². The highest BCUT2D eigenvalue weighted by molar-refractivity contribution is 4.83. The smallest absolute Gasteiger partial charge is 0.0558 e. The average Bonchev–Trinajstić information content (AvgIpc) is 2.83. The molecule has 2 fully saturated rings. The normalized spacial score (nSPS) is 30.0. The maximum Gasteiger partial charge on any atom is 0.0558 e. The quantitative estimate of drug-likeness (QED) is 0.730. The summed E-state index contributed by atoms with van der Waals surface area (Å²) in [7, 11) is 0. The molecule has 4 nitrogen and oxygen atoms in total. The largest absolute Gasteiger partial charge is 0.395 e. The monoisotopic (exact) mass is 297 g/mol. The predicted octanol–water partition coefficient (Wildman–Crippen LogP) is 1.54. The lowest BCUT2D eigenvalue weighted by Crippen LogP contribution is -2.43. The van der Waals surface area contributed by atoms with Crippen LogP contribution < -0.4 is 5.32 Å². The fraction of sp³-hybridized carbons (Fsp3) is 1.00. The molecule has 0 aromatic rings. The number of hydrogen-bond donors (Lipinski definition) is 2. The minimum absolute atomic E-state index is 0.297. The van der Waals surface area contributed by atoms with Gasteiger partial charge in [0.2, 0.25) is 0 Å². The van der Waals surface area contributed by atoms with Crippen molar-refractivity contribution in [2.24, 2.45) is 5.92 Å². The Kier molecular flexibility index (Phi) is 8.01. The summed E-state index contributed by atoms with van der Waals surface area (Å²) in [5, 5.41) is 12.8. The minimum atomic E-state index is 0.297. The van der Waals surface area contributed by atoms with Gasteiger partial charge >= 0.3 is 0 Å². The Morgan fingerprint density at radius 2 is 1.71 bits per heavy atom. The van der Waals surface area contributed by atoms with Gasteiger partial charge in [0.05, 0.1) is 6.61 Å². The fourth-order valence-electron chi connectivity index (χ4n) is 4.04. The molecule has 1 aliphatic heterocycles. The van der Waals surface area contributed by atoms with Crippen LogP contribution in [0.2, 0.25) is 0 Å². The molecule has 4 heteroatoms. The highest BCUT2D eigenvalue weighted by Crippen LogP contribution is 2.25. The van der Waals surface area contributed by atoms with Gasteiger partial charge in [-0.25, -0.2) is 0 Å². The van der Waals surface area contributed by atoms with Gasteiger partial charge in [-0.15, -0.1) is 0 Å². The first-order chi connectivity index (χ1) is 10.3. The Morgan fingerprint density at radius 1 is 0.952 bits per heavy atom. The van der Waals surface area contributed by atoms with Gasteiger partial charge < -0.3 is 15.3 Å². The van der Waals surface area contributed by atoms with Crippen LogP contribution in [-0.4, -0.2) is 73.4 Å². The molecule has 124 valence electrons. The zero-order valence-corrected chi connectivity index (χ0v) is 13.9. The summed E-state index contributed by atoms with van der Waals surface area (Å²) in [6.07, 6.45) is 8.24. The van der Waals surface area contributed by atoms with Crippen molar-refractivity contribution in [2.75, 3.05) is 52.4 Å². The second-order valence-electron chi connectivity index (χ2n) is 6.78. The number of nitrogens with one attached hydrogen (secondary N) is 1. The van der Waals surface area contributed by atoms with Gasteiger partial charge in [0.1, 0.15) is 0 Å². The number of aliphatic hydroxyl groups is 1. The van der Waals surface area contributed by atoms with E-state index in [1.165, 1.54) is 58.2 Å². The van der Waals surface area contributed by atoms with Gasteiger partial charge in [-0.1, -0.05) is 26.2 Å². The van der Waals surface area contributed by atoms with E-state index in [9.17, 15) is 0 Å². The highest BCUT2D eigenvalue weighted by Gasteiger charge is 2.25. The molecule has 2 N–H and O–H groups in total. The van der Waals surface area contributed by atoms with Gasteiger partial charge in [-0.3, -0.25) is 4.90 Å². The minimum Gasteiger partial charge on any atom is -0.395 e. The molecular formula is C17H35N3O. The molecule has 0 aromatic heterocycles. The van der Waals surface area contributed by atoms with Crippen LogP contribution in [0, 0.1) is 5.92 Å². The van der Waals surface area contributed by atoms with Crippen LogP contribution >= 0.6 is 0 Å². The summed E-state index contributed by atoms with van der Waals surface area (Å²) in [6.45, 7) is 10.4. The number of hydrogen-bond acceptors (Lipinski definition) is 4. The van der Waals surface area contributed by atoms with Crippen LogP contribution in [0.25, 0.3) is 0 Å². The van der Waals surface area contributed by atoms with Crippen molar-refractivity contribution in [2.45, 2.75) is 51.5 Å². The summed E-state index contributed by atoms with van der Waals surface area (Å²) in [5.74, 6) is 0.830. The van der Waals surface area contributed by atoms with Crippen LogP contribution in [0.5, 0.6) is 0 Å². The lowest BCUT2D eigenvalue weighted by molar-refractivity contribution is 0.181. The van der Waals surface area contributed by atoms with Crippen molar-refractivity contribution in [1.82, 2.24) is 15.1 Å². The number of β-amino-alcohol motifs (C(OH)–C–C–N with tert-alkyl or cyclic N) is 1. The van der Waals surface area contributed by atoms with Crippen LogP contribution in [0.3, 0.4) is 0 Å². The van der Waals surface area contributed by atoms with E-state index >= 15 is 0 Å². The maximum absolute atomic E-state index is 9.10.